The quantitative estimate of drug-likeness (QED) is 0.0391. The summed E-state index contributed by atoms with van der Waals surface area (Å²) in [5.41, 5.74) is 0.911. The molecular formula is C42H62FN6O9P. The lowest BCUT2D eigenvalue weighted by molar-refractivity contribution is -0.121. The van der Waals surface area contributed by atoms with Crippen LogP contribution in [0.1, 0.15) is 133 Å². The highest BCUT2D eigenvalue weighted by Gasteiger charge is 2.61. The largest absolute Gasteiger partial charge is 0.472 e. The van der Waals surface area contributed by atoms with Crippen LogP contribution in [0.4, 0.5) is 10.2 Å². The fraction of sp³-hybridized carbons (Fsp3) is 0.667. The Morgan fingerprint density at radius 1 is 0.983 bits per heavy atom. The number of rotatable bonds is 29. The zero-order valence-electron chi connectivity index (χ0n) is 34.5. The molecule has 0 spiro atoms. The maximum Gasteiger partial charge on any atom is 0.472 e. The van der Waals surface area contributed by atoms with Gasteiger partial charge in [-0.3, -0.25) is 9.05 Å². The standard InChI is InChI=1S/C42H62FN6O9P/c1-3-4-5-6-7-8-9-10-11-12-13-14-15-16-17-18-21-54-28-40(2,55-26-34-22-33(25-44)23-35(43)24-34)29-57-59(52,53)58-30-41(27-45)39(50)42(51,31-56-41)37-20-19-36-38(46)47-32-48-49(36)37/h19-20,22-24,32,39,50-51H,3-18,21,26,28-31H2,1-2H3,(H,52,53)(H2,46,47,48)/t39-,40-,41-,42-/m1/s1. The molecule has 1 aromatic carbocycles. The number of halogens is 1. The molecule has 5 N–H and O–H groups in total. The lowest BCUT2D eigenvalue weighted by Crippen LogP contribution is -2.50. The second-order valence-electron chi connectivity index (χ2n) is 15.8. The van der Waals surface area contributed by atoms with Gasteiger partial charge in [-0.1, -0.05) is 103 Å². The average molecular weight is 845 g/mol. The van der Waals surface area contributed by atoms with Crippen LogP contribution in [-0.2, 0) is 40.0 Å². The van der Waals surface area contributed by atoms with E-state index in [0.29, 0.717) is 17.7 Å². The van der Waals surface area contributed by atoms with Crippen molar-refractivity contribution in [1.29, 1.82) is 10.5 Å². The minimum absolute atomic E-state index is 0.0438. The van der Waals surface area contributed by atoms with Crippen LogP contribution in [0.5, 0.6) is 0 Å². The topological polar surface area (TPSA) is 228 Å². The minimum atomic E-state index is -4.97. The van der Waals surface area contributed by atoms with E-state index in [1.54, 1.807) is 13.0 Å². The first-order valence-electron chi connectivity index (χ1n) is 20.9. The van der Waals surface area contributed by atoms with Gasteiger partial charge in [-0.05, 0) is 49.2 Å². The van der Waals surface area contributed by atoms with Crippen LogP contribution >= 0.6 is 7.82 Å². The van der Waals surface area contributed by atoms with Crippen molar-refractivity contribution < 1.29 is 47.3 Å². The lowest BCUT2D eigenvalue weighted by Gasteiger charge is -2.31. The van der Waals surface area contributed by atoms with Crippen LogP contribution in [0.15, 0.2) is 36.7 Å². The molecule has 2 aromatic heterocycles. The van der Waals surface area contributed by atoms with Gasteiger partial charge < -0.3 is 35.1 Å². The van der Waals surface area contributed by atoms with Gasteiger partial charge in [0.2, 0.25) is 5.60 Å². The summed E-state index contributed by atoms with van der Waals surface area (Å²) >= 11 is 0. The summed E-state index contributed by atoms with van der Waals surface area (Å²) in [4.78, 5) is 14.6. The first-order valence-corrected chi connectivity index (χ1v) is 22.4. The number of benzene rings is 1. The van der Waals surface area contributed by atoms with Crippen molar-refractivity contribution in [2.24, 2.45) is 0 Å². The molecule has 0 aliphatic carbocycles. The molecule has 15 nitrogen and oxygen atoms in total. The number of aliphatic hydroxyl groups excluding tert-OH is 1. The number of nitrogens with two attached hydrogens (primary N) is 1. The molecule has 326 valence electrons. The van der Waals surface area contributed by atoms with Gasteiger partial charge >= 0.3 is 7.82 Å². The monoisotopic (exact) mass is 844 g/mol. The number of ether oxygens (including phenoxy) is 3. The summed E-state index contributed by atoms with van der Waals surface area (Å²) < 4.78 is 56.7. The normalized spacial score (nSPS) is 21.3. The number of nitriles is 2. The van der Waals surface area contributed by atoms with Crippen molar-refractivity contribution in [2.75, 3.05) is 38.8 Å². The van der Waals surface area contributed by atoms with Crippen LogP contribution in [0.3, 0.4) is 0 Å². The Kier molecular flexibility index (Phi) is 19.1. The fourth-order valence-corrected chi connectivity index (χ4v) is 8.04. The minimum Gasteiger partial charge on any atom is -0.385 e. The molecule has 3 aromatic rings. The van der Waals surface area contributed by atoms with Gasteiger partial charge in [0, 0.05) is 6.61 Å². The second-order valence-corrected chi connectivity index (χ2v) is 17.3. The molecule has 1 aliphatic rings. The Labute approximate surface area is 347 Å². The van der Waals surface area contributed by atoms with E-state index in [1.807, 2.05) is 6.07 Å². The molecule has 0 saturated carbocycles. The number of unbranched alkanes of at least 4 members (excludes halogenated alkanes) is 15. The summed E-state index contributed by atoms with van der Waals surface area (Å²) in [7, 11) is -4.97. The van der Waals surface area contributed by atoms with Gasteiger partial charge in [-0.2, -0.15) is 15.6 Å². The third-order valence-electron chi connectivity index (χ3n) is 10.8. The Hall–Kier alpha value is -3.54. The molecular weight excluding hydrogens is 782 g/mol. The third kappa shape index (κ3) is 14.3. The number of nitrogens with zero attached hydrogens (tertiary/aromatic N) is 5. The van der Waals surface area contributed by atoms with E-state index in [1.165, 1.54) is 106 Å². The number of aromatic nitrogens is 3. The summed E-state index contributed by atoms with van der Waals surface area (Å²) in [5, 5.41) is 46.2. The third-order valence-corrected chi connectivity index (χ3v) is 11.7. The van der Waals surface area contributed by atoms with Crippen molar-refractivity contribution in [3.05, 3.63) is 59.3 Å². The lowest BCUT2D eigenvalue weighted by atomic mass is 9.86. The molecule has 4 rings (SSSR count). The molecule has 0 bridgehead atoms. The van der Waals surface area contributed by atoms with Crippen molar-refractivity contribution in [1.82, 2.24) is 14.6 Å². The Balaban J connectivity index is 1.24. The molecule has 1 saturated heterocycles. The van der Waals surface area contributed by atoms with E-state index >= 15 is 0 Å². The van der Waals surface area contributed by atoms with E-state index in [4.69, 9.17) is 29.0 Å². The average Bonchev–Trinajstić information content (AvgIpc) is 3.78. The van der Waals surface area contributed by atoms with E-state index in [-0.39, 0.29) is 30.3 Å². The molecule has 0 radical (unpaired) electrons. The zero-order chi connectivity index (χ0) is 42.8. The Morgan fingerprint density at radius 2 is 1.61 bits per heavy atom. The van der Waals surface area contributed by atoms with Crippen LogP contribution in [0, 0.1) is 28.5 Å². The Morgan fingerprint density at radius 3 is 2.22 bits per heavy atom. The van der Waals surface area contributed by atoms with Gasteiger partial charge in [0.1, 0.15) is 42.0 Å². The number of nitrogen functional groups attached to an aromatic ring is 1. The summed E-state index contributed by atoms with van der Waals surface area (Å²) in [5.74, 6) is -0.508. The number of anilines is 1. The van der Waals surface area contributed by atoms with Gasteiger partial charge in [-0.25, -0.2) is 18.5 Å². The molecule has 1 aliphatic heterocycles. The molecule has 1 fully saturated rings. The predicted molar refractivity (Wildman–Crippen MR) is 218 cm³/mol. The number of phosphoric ester groups is 1. The first kappa shape index (κ1) is 48.1. The van der Waals surface area contributed by atoms with Crippen LogP contribution in [0.2, 0.25) is 0 Å². The van der Waals surface area contributed by atoms with E-state index < -0.39 is 56.4 Å². The Bertz CT molecular complexity index is 1890. The van der Waals surface area contributed by atoms with Gasteiger partial charge in [0.05, 0.1) is 43.8 Å². The van der Waals surface area contributed by atoms with Crippen LogP contribution < -0.4 is 5.73 Å². The number of aliphatic hydroxyl groups is 2. The summed E-state index contributed by atoms with van der Waals surface area (Å²) in [6, 6.07) is 10.4. The molecule has 1 unspecified atom stereocenters. The smallest absolute Gasteiger partial charge is 0.385 e. The summed E-state index contributed by atoms with van der Waals surface area (Å²) in [6.45, 7) is 1.91. The molecule has 5 atom stereocenters. The van der Waals surface area contributed by atoms with Crippen molar-refractivity contribution in [3.8, 4) is 12.1 Å². The van der Waals surface area contributed by atoms with Gasteiger partial charge in [-0.15, -0.1) is 0 Å². The van der Waals surface area contributed by atoms with Gasteiger partial charge in [0.25, 0.3) is 0 Å². The molecule has 59 heavy (non-hydrogen) atoms. The van der Waals surface area contributed by atoms with Crippen molar-refractivity contribution in [3.63, 3.8) is 0 Å². The van der Waals surface area contributed by atoms with Crippen molar-refractivity contribution >= 4 is 19.2 Å². The maximum atomic E-state index is 14.2. The molecule has 0 amide bonds. The van der Waals surface area contributed by atoms with Crippen molar-refractivity contribution in [2.45, 2.75) is 146 Å². The number of phosphoric acid groups is 1. The SMILES string of the molecule is CCCCCCCCCCCCCCCCCCOC[C@](C)(COP(=O)(O)OC[C@@]1(C#N)OC[C@@](O)(c2ccc3c(N)ncnn23)[C@@H]1O)OCc1cc(F)cc(C#N)c1. The number of fused-ring (bicyclic) bond motifs is 1. The maximum absolute atomic E-state index is 14.2. The van der Waals surface area contributed by atoms with E-state index in [2.05, 4.69) is 17.0 Å². The van der Waals surface area contributed by atoms with E-state index in [0.717, 1.165) is 38.1 Å². The first-order chi connectivity index (χ1) is 28.3. The van der Waals surface area contributed by atoms with Crippen LogP contribution in [0.25, 0.3) is 5.52 Å². The van der Waals surface area contributed by atoms with Crippen LogP contribution in [-0.4, -0.2) is 80.0 Å². The second kappa shape index (κ2) is 23.5. The highest BCUT2D eigenvalue weighted by Crippen LogP contribution is 2.48. The number of hydrogen-bond acceptors (Lipinski definition) is 13. The predicted octanol–water partition coefficient (Wildman–Crippen LogP) is 7.55. The van der Waals surface area contributed by atoms with E-state index in [9.17, 15) is 34.6 Å². The highest BCUT2D eigenvalue weighted by atomic mass is 31.2. The summed E-state index contributed by atoms with van der Waals surface area (Å²) in [6.07, 6.45) is 19.1. The fourth-order valence-electron chi connectivity index (χ4n) is 7.18. The van der Waals surface area contributed by atoms with Gasteiger partial charge in [0.15, 0.2) is 11.4 Å². The zero-order valence-corrected chi connectivity index (χ0v) is 35.4. The highest BCUT2D eigenvalue weighted by molar-refractivity contribution is 7.47. The molecule has 3 heterocycles. The number of hydrogen-bond donors (Lipinski definition) is 4. The molecule has 17 heteroatoms.